The van der Waals surface area contributed by atoms with Gasteiger partial charge < -0.3 is 9.47 Å². The van der Waals surface area contributed by atoms with E-state index in [0.29, 0.717) is 6.10 Å². The van der Waals surface area contributed by atoms with Gasteiger partial charge in [-0.3, -0.25) is 0 Å². The number of ether oxygens (including phenoxy) is 2. The Morgan fingerprint density at radius 3 is 2.31 bits per heavy atom. The number of para-hydroxylation sites is 1. The van der Waals surface area contributed by atoms with Crippen LogP contribution in [0.25, 0.3) is 0 Å². The zero-order valence-electron chi connectivity index (χ0n) is 10.3. The molecule has 0 saturated carbocycles. The molecule has 0 fully saturated rings. The smallest absolute Gasteiger partial charge is 0.119 e. The van der Waals surface area contributed by atoms with Crippen molar-refractivity contribution in [1.29, 1.82) is 0 Å². The molecule has 0 heterocycles. The quantitative estimate of drug-likeness (QED) is 0.625. The molecule has 0 aliphatic heterocycles. The molecule has 0 atom stereocenters. The van der Waals surface area contributed by atoms with Crippen LogP contribution in [0.5, 0.6) is 5.75 Å². The van der Waals surface area contributed by atoms with Crippen LogP contribution >= 0.6 is 0 Å². The monoisotopic (exact) mass is 222 g/mol. The summed E-state index contributed by atoms with van der Waals surface area (Å²) >= 11 is 0. The van der Waals surface area contributed by atoms with E-state index in [2.05, 4.69) is 13.8 Å². The fourth-order valence-corrected chi connectivity index (χ4v) is 1.41. The Balaban J connectivity index is 1.93. The summed E-state index contributed by atoms with van der Waals surface area (Å²) in [5.41, 5.74) is 0. The molecule has 2 nitrogen and oxygen atoms in total. The lowest BCUT2D eigenvalue weighted by Crippen LogP contribution is -2.04. The molecule has 0 aliphatic carbocycles. The van der Waals surface area contributed by atoms with E-state index in [4.69, 9.17) is 9.47 Å². The maximum atomic E-state index is 5.59. The second kappa shape index (κ2) is 8.17. The highest BCUT2D eigenvalue weighted by molar-refractivity contribution is 5.20. The van der Waals surface area contributed by atoms with Crippen LogP contribution in [-0.4, -0.2) is 19.3 Å². The van der Waals surface area contributed by atoms with Crippen molar-refractivity contribution >= 4 is 0 Å². The first-order valence-corrected chi connectivity index (χ1v) is 6.08. The van der Waals surface area contributed by atoms with Gasteiger partial charge in [0.25, 0.3) is 0 Å². The summed E-state index contributed by atoms with van der Waals surface area (Å²) in [5, 5.41) is 0. The molecule has 16 heavy (non-hydrogen) atoms. The fraction of sp³-hybridized carbons (Fsp3) is 0.571. The van der Waals surface area contributed by atoms with Crippen LogP contribution < -0.4 is 4.74 Å². The summed E-state index contributed by atoms with van der Waals surface area (Å²) in [6.45, 7) is 5.80. The molecule has 0 spiro atoms. The Morgan fingerprint density at radius 1 is 0.938 bits per heavy atom. The molecule has 0 radical (unpaired) electrons. The van der Waals surface area contributed by atoms with Gasteiger partial charge >= 0.3 is 0 Å². The van der Waals surface area contributed by atoms with Gasteiger partial charge in [0.1, 0.15) is 5.75 Å². The standard InChI is InChI=1S/C14H22O2/c1-13(2)15-11-7-4-8-12-16-14-9-5-3-6-10-14/h3,5-6,9-10,13H,4,7-8,11-12H2,1-2H3. The van der Waals surface area contributed by atoms with Crippen molar-refractivity contribution in [2.45, 2.75) is 39.2 Å². The maximum Gasteiger partial charge on any atom is 0.119 e. The molecule has 90 valence electrons. The summed E-state index contributed by atoms with van der Waals surface area (Å²) in [4.78, 5) is 0. The molecule has 1 aromatic carbocycles. The number of unbranched alkanes of at least 4 members (excludes halogenated alkanes) is 2. The fourth-order valence-electron chi connectivity index (χ4n) is 1.41. The van der Waals surface area contributed by atoms with Crippen molar-refractivity contribution in [3.63, 3.8) is 0 Å². The predicted octanol–water partition coefficient (Wildman–Crippen LogP) is 3.66. The minimum atomic E-state index is 0.348. The molecular weight excluding hydrogens is 200 g/mol. The van der Waals surface area contributed by atoms with E-state index in [1.54, 1.807) is 0 Å². The zero-order chi connectivity index (χ0) is 11.6. The predicted molar refractivity (Wildman–Crippen MR) is 66.9 cm³/mol. The topological polar surface area (TPSA) is 18.5 Å². The summed E-state index contributed by atoms with van der Waals surface area (Å²) in [6, 6.07) is 9.96. The van der Waals surface area contributed by atoms with Crippen molar-refractivity contribution in [2.24, 2.45) is 0 Å². The average molecular weight is 222 g/mol. The third kappa shape index (κ3) is 6.46. The van der Waals surface area contributed by atoms with Gasteiger partial charge in [0, 0.05) is 6.61 Å². The Kier molecular flexibility index (Phi) is 6.66. The largest absolute Gasteiger partial charge is 0.494 e. The molecule has 0 saturated heterocycles. The lowest BCUT2D eigenvalue weighted by atomic mass is 10.2. The van der Waals surface area contributed by atoms with E-state index in [1.807, 2.05) is 30.3 Å². The molecule has 0 unspecified atom stereocenters. The Morgan fingerprint density at radius 2 is 1.62 bits per heavy atom. The normalized spacial score (nSPS) is 10.7. The summed E-state index contributed by atoms with van der Waals surface area (Å²) in [5.74, 6) is 0.959. The first-order chi connectivity index (χ1) is 7.79. The van der Waals surface area contributed by atoms with Crippen molar-refractivity contribution in [2.75, 3.05) is 13.2 Å². The van der Waals surface area contributed by atoms with E-state index in [0.717, 1.165) is 31.8 Å². The Labute approximate surface area is 98.6 Å². The van der Waals surface area contributed by atoms with E-state index in [-0.39, 0.29) is 0 Å². The molecule has 0 amide bonds. The van der Waals surface area contributed by atoms with Gasteiger partial charge in [-0.25, -0.2) is 0 Å². The molecule has 0 N–H and O–H groups in total. The highest BCUT2D eigenvalue weighted by atomic mass is 16.5. The molecular formula is C14H22O2. The third-order valence-electron chi connectivity index (χ3n) is 2.25. The van der Waals surface area contributed by atoms with Crippen LogP contribution in [-0.2, 0) is 4.74 Å². The van der Waals surface area contributed by atoms with E-state index < -0.39 is 0 Å². The van der Waals surface area contributed by atoms with Gasteiger partial charge in [-0.1, -0.05) is 18.2 Å². The van der Waals surface area contributed by atoms with E-state index in [9.17, 15) is 0 Å². The SMILES string of the molecule is CC(C)OCCCCCOc1ccccc1. The van der Waals surface area contributed by atoms with Crippen molar-refractivity contribution in [3.05, 3.63) is 30.3 Å². The maximum absolute atomic E-state index is 5.59. The van der Waals surface area contributed by atoms with E-state index in [1.165, 1.54) is 6.42 Å². The Hall–Kier alpha value is -1.02. The minimum Gasteiger partial charge on any atom is -0.494 e. The number of rotatable bonds is 8. The first kappa shape index (κ1) is 13.0. The lowest BCUT2D eigenvalue weighted by Gasteiger charge is -2.07. The van der Waals surface area contributed by atoms with Crippen LogP contribution in [0.15, 0.2) is 30.3 Å². The summed E-state index contributed by atoms with van der Waals surface area (Å²) in [6.07, 6.45) is 3.73. The summed E-state index contributed by atoms with van der Waals surface area (Å²) < 4.78 is 11.1. The lowest BCUT2D eigenvalue weighted by molar-refractivity contribution is 0.0752. The van der Waals surface area contributed by atoms with Gasteiger partial charge in [-0.2, -0.15) is 0 Å². The molecule has 1 rings (SSSR count). The van der Waals surface area contributed by atoms with Crippen LogP contribution in [0.2, 0.25) is 0 Å². The third-order valence-corrected chi connectivity index (χ3v) is 2.25. The summed E-state index contributed by atoms with van der Waals surface area (Å²) in [7, 11) is 0. The van der Waals surface area contributed by atoms with Crippen molar-refractivity contribution < 1.29 is 9.47 Å². The van der Waals surface area contributed by atoms with Crippen molar-refractivity contribution in [3.8, 4) is 5.75 Å². The molecule has 2 heteroatoms. The molecule has 0 bridgehead atoms. The van der Waals surface area contributed by atoms with Crippen LogP contribution in [0, 0.1) is 0 Å². The van der Waals surface area contributed by atoms with Gasteiger partial charge in [-0.15, -0.1) is 0 Å². The number of benzene rings is 1. The Bertz CT molecular complexity index is 257. The number of hydrogen-bond acceptors (Lipinski definition) is 2. The molecule has 1 aromatic rings. The highest BCUT2D eigenvalue weighted by Gasteiger charge is 1.94. The second-order valence-corrected chi connectivity index (χ2v) is 4.14. The number of hydrogen-bond donors (Lipinski definition) is 0. The highest BCUT2D eigenvalue weighted by Crippen LogP contribution is 2.09. The van der Waals surface area contributed by atoms with Crippen LogP contribution in [0.1, 0.15) is 33.1 Å². The van der Waals surface area contributed by atoms with Gasteiger partial charge in [0.15, 0.2) is 0 Å². The molecule has 0 aliphatic rings. The van der Waals surface area contributed by atoms with Crippen LogP contribution in [0.4, 0.5) is 0 Å². The minimum absolute atomic E-state index is 0.348. The average Bonchev–Trinajstić information content (AvgIpc) is 2.29. The zero-order valence-corrected chi connectivity index (χ0v) is 10.3. The van der Waals surface area contributed by atoms with Crippen LogP contribution in [0.3, 0.4) is 0 Å². The second-order valence-electron chi connectivity index (χ2n) is 4.14. The van der Waals surface area contributed by atoms with Gasteiger partial charge in [-0.05, 0) is 45.2 Å². The van der Waals surface area contributed by atoms with Gasteiger partial charge in [0.05, 0.1) is 12.7 Å². The van der Waals surface area contributed by atoms with E-state index >= 15 is 0 Å². The van der Waals surface area contributed by atoms with Gasteiger partial charge in [0.2, 0.25) is 0 Å². The first-order valence-electron chi connectivity index (χ1n) is 6.08. The van der Waals surface area contributed by atoms with Crippen molar-refractivity contribution in [1.82, 2.24) is 0 Å². The molecule has 0 aromatic heterocycles.